The molecule has 0 fully saturated rings. The van der Waals surface area contributed by atoms with Gasteiger partial charge in [-0.3, -0.25) is 0 Å². The minimum absolute atomic E-state index is 0.213. The summed E-state index contributed by atoms with van der Waals surface area (Å²) in [5.74, 6) is -1.12. The topological polar surface area (TPSA) is 55.8 Å². The highest BCUT2D eigenvalue weighted by Gasteiger charge is 2.07. The van der Waals surface area contributed by atoms with E-state index in [9.17, 15) is 9.59 Å². The van der Waals surface area contributed by atoms with Crippen molar-refractivity contribution in [2.45, 2.75) is 13.0 Å². The number of rotatable bonds is 5. The normalized spacial score (nSPS) is 12.9. The lowest BCUT2D eigenvalue weighted by Gasteiger charge is -2.16. The Hall–Kier alpha value is -1.36. The van der Waals surface area contributed by atoms with E-state index in [1.54, 1.807) is 6.92 Å². The highest BCUT2D eigenvalue weighted by Crippen LogP contribution is 1.94. The fraction of sp³-hybridized carbons (Fsp3) is 0.600. The average molecular weight is 215 g/mol. The lowest BCUT2D eigenvalue weighted by atomic mass is 10.4. The van der Waals surface area contributed by atoms with Crippen LogP contribution in [0.3, 0.4) is 0 Å². The van der Waals surface area contributed by atoms with E-state index in [-0.39, 0.29) is 6.10 Å². The molecule has 0 unspecified atom stereocenters. The quantitative estimate of drug-likeness (QED) is 0.484. The molecule has 0 amide bonds. The van der Waals surface area contributed by atoms with Crippen molar-refractivity contribution in [3.63, 3.8) is 0 Å². The highest BCUT2D eigenvalue weighted by atomic mass is 16.5. The maximum absolute atomic E-state index is 11.1. The Morgan fingerprint density at radius 3 is 2.27 bits per heavy atom. The van der Waals surface area contributed by atoms with E-state index in [1.807, 2.05) is 19.0 Å². The molecule has 0 aromatic heterocycles. The molecule has 86 valence electrons. The summed E-state index contributed by atoms with van der Waals surface area (Å²) < 4.78 is 9.31. The van der Waals surface area contributed by atoms with Gasteiger partial charge in [0.1, 0.15) is 6.10 Å². The Morgan fingerprint density at radius 2 is 1.80 bits per heavy atom. The van der Waals surface area contributed by atoms with Gasteiger partial charge in [-0.1, -0.05) is 0 Å². The van der Waals surface area contributed by atoms with E-state index in [0.29, 0.717) is 6.54 Å². The second-order valence-electron chi connectivity index (χ2n) is 3.37. The van der Waals surface area contributed by atoms with Gasteiger partial charge in [0.05, 0.1) is 7.11 Å². The lowest BCUT2D eigenvalue weighted by Crippen LogP contribution is -2.27. The van der Waals surface area contributed by atoms with E-state index in [4.69, 9.17) is 4.74 Å². The summed E-state index contributed by atoms with van der Waals surface area (Å²) >= 11 is 0. The molecule has 0 aliphatic carbocycles. The first kappa shape index (κ1) is 13.6. The Balaban J connectivity index is 3.93. The van der Waals surface area contributed by atoms with Crippen LogP contribution in [0.4, 0.5) is 0 Å². The summed E-state index contributed by atoms with van der Waals surface area (Å²) in [7, 11) is 5.01. The Kier molecular flexibility index (Phi) is 6.37. The van der Waals surface area contributed by atoms with Crippen molar-refractivity contribution in [3.8, 4) is 0 Å². The average Bonchev–Trinajstić information content (AvgIpc) is 2.12. The first-order valence-corrected chi connectivity index (χ1v) is 4.57. The number of hydrogen-bond acceptors (Lipinski definition) is 5. The molecule has 0 saturated carbocycles. The van der Waals surface area contributed by atoms with Crippen LogP contribution in [0, 0.1) is 0 Å². The van der Waals surface area contributed by atoms with Gasteiger partial charge in [-0.05, 0) is 21.0 Å². The van der Waals surface area contributed by atoms with E-state index in [1.165, 1.54) is 7.11 Å². The third kappa shape index (κ3) is 7.69. The largest absolute Gasteiger partial charge is 0.466 e. The zero-order valence-corrected chi connectivity index (χ0v) is 9.52. The molecule has 0 bridgehead atoms. The van der Waals surface area contributed by atoms with Gasteiger partial charge in [-0.25, -0.2) is 9.59 Å². The van der Waals surface area contributed by atoms with Crippen LogP contribution in [0.1, 0.15) is 6.92 Å². The molecule has 0 aromatic carbocycles. The van der Waals surface area contributed by atoms with Crippen molar-refractivity contribution in [2.75, 3.05) is 27.7 Å². The number of hydrogen-bond donors (Lipinski definition) is 0. The maximum atomic E-state index is 11.1. The van der Waals surface area contributed by atoms with Crippen molar-refractivity contribution in [1.29, 1.82) is 0 Å². The second-order valence-corrected chi connectivity index (χ2v) is 3.37. The Morgan fingerprint density at radius 1 is 1.27 bits per heavy atom. The third-order valence-electron chi connectivity index (χ3n) is 1.50. The summed E-state index contributed by atoms with van der Waals surface area (Å²) in [6, 6.07) is 0. The predicted octanol–water partition coefficient (Wildman–Crippen LogP) is 0.209. The molecule has 0 saturated heterocycles. The van der Waals surface area contributed by atoms with Gasteiger partial charge in [0.2, 0.25) is 0 Å². The number of carbonyl (C=O) groups excluding carboxylic acids is 2. The van der Waals surface area contributed by atoms with Gasteiger partial charge in [-0.15, -0.1) is 0 Å². The third-order valence-corrected chi connectivity index (χ3v) is 1.50. The predicted molar refractivity (Wildman–Crippen MR) is 55.3 cm³/mol. The summed E-state index contributed by atoms with van der Waals surface area (Å²) in [4.78, 5) is 23.7. The molecule has 0 radical (unpaired) electrons. The first-order chi connectivity index (χ1) is 6.95. The van der Waals surface area contributed by atoms with Gasteiger partial charge >= 0.3 is 11.9 Å². The lowest BCUT2D eigenvalue weighted by molar-refractivity contribution is -0.143. The van der Waals surface area contributed by atoms with Crippen LogP contribution in [-0.4, -0.2) is 50.7 Å². The van der Waals surface area contributed by atoms with Gasteiger partial charge in [0, 0.05) is 18.7 Å². The van der Waals surface area contributed by atoms with Gasteiger partial charge < -0.3 is 14.4 Å². The molecule has 0 rings (SSSR count). The number of ether oxygens (including phenoxy) is 2. The molecule has 0 N–H and O–H groups in total. The molecule has 0 aromatic rings. The minimum atomic E-state index is -0.577. The fourth-order valence-corrected chi connectivity index (χ4v) is 0.993. The molecule has 0 heterocycles. The van der Waals surface area contributed by atoms with Crippen LogP contribution in [-0.2, 0) is 19.1 Å². The smallest absolute Gasteiger partial charge is 0.331 e. The SMILES string of the molecule is COC(=O)/C=C/C(=O)O[C@@H](C)CN(C)C. The number of methoxy groups -OCH3 is 1. The molecular formula is C10H17NO4. The minimum Gasteiger partial charge on any atom is -0.466 e. The van der Waals surface area contributed by atoms with Crippen LogP contribution in [0.25, 0.3) is 0 Å². The van der Waals surface area contributed by atoms with Crippen LogP contribution < -0.4 is 0 Å². The number of esters is 2. The Bertz CT molecular complexity index is 248. The van der Waals surface area contributed by atoms with Crippen LogP contribution in [0.15, 0.2) is 12.2 Å². The van der Waals surface area contributed by atoms with E-state index in [0.717, 1.165) is 12.2 Å². The number of nitrogens with zero attached hydrogens (tertiary/aromatic N) is 1. The number of likely N-dealkylation sites (N-methyl/N-ethyl adjacent to an activating group) is 1. The fourth-order valence-electron chi connectivity index (χ4n) is 0.993. The zero-order valence-electron chi connectivity index (χ0n) is 9.52. The summed E-state index contributed by atoms with van der Waals surface area (Å²) in [6.07, 6.45) is 1.87. The summed E-state index contributed by atoms with van der Waals surface area (Å²) in [5.41, 5.74) is 0. The maximum Gasteiger partial charge on any atom is 0.331 e. The Labute approximate surface area is 89.6 Å². The molecule has 5 heteroatoms. The van der Waals surface area contributed by atoms with Crippen molar-refractivity contribution in [1.82, 2.24) is 4.90 Å². The van der Waals surface area contributed by atoms with Gasteiger partial charge in [0.15, 0.2) is 0 Å². The molecule has 0 spiro atoms. The molecule has 15 heavy (non-hydrogen) atoms. The van der Waals surface area contributed by atoms with Crippen molar-refractivity contribution in [2.24, 2.45) is 0 Å². The van der Waals surface area contributed by atoms with Gasteiger partial charge in [-0.2, -0.15) is 0 Å². The van der Waals surface area contributed by atoms with E-state index < -0.39 is 11.9 Å². The summed E-state index contributed by atoms with van der Waals surface area (Å²) in [6.45, 7) is 2.42. The molecular weight excluding hydrogens is 198 g/mol. The second kappa shape index (κ2) is 7.00. The van der Waals surface area contributed by atoms with Crippen LogP contribution in [0.2, 0.25) is 0 Å². The van der Waals surface area contributed by atoms with Crippen molar-refractivity contribution < 1.29 is 19.1 Å². The molecule has 5 nitrogen and oxygen atoms in total. The monoisotopic (exact) mass is 215 g/mol. The van der Waals surface area contributed by atoms with Crippen LogP contribution >= 0.6 is 0 Å². The standard InChI is InChI=1S/C10H17NO4/c1-8(7-11(2)3)15-10(13)6-5-9(12)14-4/h5-6,8H,7H2,1-4H3/b6-5+/t8-/m0/s1. The zero-order chi connectivity index (χ0) is 11.8. The number of carbonyl (C=O) groups is 2. The highest BCUT2D eigenvalue weighted by molar-refractivity contribution is 5.91. The van der Waals surface area contributed by atoms with E-state index in [2.05, 4.69) is 4.74 Å². The van der Waals surface area contributed by atoms with Crippen molar-refractivity contribution >= 4 is 11.9 Å². The first-order valence-electron chi connectivity index (χ1n) is 4.57. The van der Waals surface area contributed by atoms with Crippen LogP contribution in [0.5, 0.6) is 0 Å². The molecule has 0 aliphatic rings. The van der Waals surface area contributed by atoms with Gasteiger partial charge in [0.25, 0.3) is 0 Å². The molecule has 0 aliphatic heterocycles. The summed E-state index contributed by atoms with van der Waals surface area (Å²) in [5, 5.41) is 0. The van der Waals surface area contributed by atoms with E-state index >= 15 is 0 Å². The van der Waals surface area contributed by atoms with Crippen molar-refractivity contribution in [3.05, 3.63) is 12.2 Å². The molecule has 1 atom stereocenters.